The van der Waals surface area contributed by atoms with Crippen LogP contribution >= 0.6 is 11.6 Å². The second-order valence-electron chi connectivity index (χ2n) is 6.34. The Bertz CT molecular complexity index is 1040. The Morgan fingerprint density at radius 3 is 2.75 bits per heavy atom. The zero-order valence-electron chi connectivity index (χ0n) is 15.7. The Hall–Kier alpha value is -3.25. The summed E-state index contributed by atoms with van der Waals surface area (Å²) >= 11 is 6.29. The van der Waals surface area contributed by atoms with Gasteiger partial charge in [0.25, 0.3) is 0 Å². The first kappa shape index (κ1) is 19.5. The van der Waals surface area contributed by atoms with Crippen LogP contribution in [0.1, 0.15) is 16.7 Å². The molecule has 2 N–H and O–H groups in total. The van der Waals surface area contributed by atoms with Gasteiger partial charge in [0.2, 0.25) is 5.95 Å². The third kappa shape index (κ3) is 4.72. The lowest BCUT2D eigenvalue weighted by Gasteiger charge is -2.14. The maximum Gasteiger partial charge on any atom is 0.229 e. The highest BCUT2D eigenvalue weighted by Crippen LogP contribution is 2.28. The van der Waals surface area contributed by atoms with Gasteiger partial charge in [-0.3, -0.25) is 9.78 Å². The number of hydrogen-bond acceptors (Lipinski definition) is 6. The smallest absolute Gasteiger partial charge is 0.229 e. The number of anilines is 4. The molecule has 0 saturated heterocycles. The average molecular weight is 394 g/mol. The van der Waals surface area contributed by atoms with Crippen molar-refractivity contribution in [2.45, 2.75) is 20.3 Å². The first-order chi connectivity index (χ1) is 13.5. The van der Waals surface area contributed by atoms with Gasteiger partial charge in [0.05, 0.1) is 6.20 Å². The number of nitrogens with one attached hydrogen (secondary N) is 2. The molecule has 3 rings (SSSR count). The topological polar surface area (TPSA) is 79.8 Å². The quantitative estimate of drug-likeness (QED) is 0.554. The zero-order chi connectivity index (χ0) is 20.1. The maximum absolute atomic E-state index is 11.8. The van der Waals surface area contributed by atoms with Gasteiger partial charge in [-0.25, -0.2) is 4.98 Å². The monoisotopic (exact) mass is 393 g/mol. The molecule has 0 spiro atoms. The van der Waals surface area contributed by atoms with Crippen LogP contribution in [0.4, 0.5) is 23.1 Å². The van der Waals surface area contributed by atoms with E-state index in [9.17, 15) is 4.79 Å². The number of carbonyl (C=O) groups excluding carboxylic acids is 1. The van der Waals surface area contributed by atoms with Crippen molar-refractivity contribution in [3.8, 4) is 0 Å². The molecule has 0 aliphatic rings. The molecule has 28 heavy (non-hydrogen) atoms. The molecule has 3 aromatic rings. The lowest BCUT2D eigenvalue weighted by molar-refractivity contribution is -0.114. The highest BCUT2D eigenvalue weighted by molar-refractivity contribution is 6.32. The minimum atomic E-state index is -0.0575. The third-order valence-electron chi connectivity index (χ3n) is 4.12. The molecule has 0 unspecified atom stereocenters. The first-order valence-electron chi connectivity index (χ1n) is 8.68. The van der Waals surface area contributed by atoms with Gasteiger partial charge in [0.15, 0.2) is 11.6 Å². The molecule has 0 atom stereocenters. The van der Waals surface area contributed by atoms with E-state index in [4.69, 9.17) is 11.6 Å². The van der Waals surface area contributed by atoms with Crippen LogP contribution in [-0.2, 0) is 11.2 Å². The van der Waals surface area contributed by atoms with E-state index in [1.807, 2.05) is 38.1 Å². The molecule has 0 radical (unpaired) electrons. The van der Waals surface area contributed by atoms with Crippen molar-refractivity contribution < 1.29 is 4.79 Å². The molecule has 0 aliphatic heterocycles. The third-order valence-corrected chi connectivity index (χ3v) is 4.39. The highest BCUT2D eigenvalue weighted by atomic mass is 35.5. The minimum Gasteiger partial charge on any atom is -0.339 e. The SMILES string of the molecule is C=CC(=O)Cc1cc(C)ccc1Nc1nc(Nc2ccncc2C)ncc1Cl. The Morgan fingerprint density at radius 2 is 2.00 bits per heavy atom. The van der Waals surface area contributed by atoms with Gasteiger partial charge in [-0.05, 0) is 43.2 Å². The van der Waals surface area contributed by atoms with Crippen LogP contribution in [0.25, 0.3) is 0 Å². The molecule has 2 heterocycles. The molecule has 2 aromatic heterocycles. The van der Waals surface area contributed by atoms with Crippen molar-refractivity contribution in [2.24, 2.45) is 0 Å². The van der Waals surface area contributed by atoms with Gasteiger partial charge < -0.3 is 10.6 Å². The summed E-state index contributed by atoms with van der Waals surface area (Å²) in [5.41, 5.74) is 4.49. The van der Waals surface area contributed by atoms with Gasteiger partial charge in [-0.2, -0.15) is 4.98 Å². The molecule has 142 valence electrons. The number of carbonyl (C=O) groups is 1. The fourth-order valence-corrected chi connectivity index (χ4v) is 2.77. The van der Waals surface area contributed by atoms with Gasteiger partial charge in [-0.1, -0.05) is 35.9 Å². The van der Waals surface area contributed by atoms with Crippen molar-refractivity contribution >= 4 is 40.5 Å². The van der Waals surface area contributed by atoms with Crippen molar-refractivity contribution in [3.05, 3.63) is 77.2 Å². The number of aromatic nitrogens is 3. The average Bonchev–Trinajstić information content (AvgIpc) is 2.68. The van der Waals surface area contributed by atoms with E-state index in [0.29, 0.717) is 16.8 Å². The van der Waals surface area contributed by atoms with E-state index >= 15 is 0 Å². The van der Waals surface area contributed by atoms with Gasteiger partial charge in [0, 0.05) is 30.2 Å². The number of pyridine rings is 1. The summed E-state index contributed by atoms with van der Waals surface area (Å²) < 4.78 is 0. The normalized spacial score (nSPS) is 10.4. The Labute approximate surface area is 168 Å². The standard InChI is InChI=1S/C21H20ClN5O/c1-4-16(28)10-15-9-13(2)5-6-19(15)25-20-17(22)12-24-21(27-20)26-18-7-8-23-11-14(18)3/h4-9,11-12H,1,10H2,2-3H3,(H2,23,24,25,26,27). The molecule has 0 aliphatic carbocycles. The number of hydrogen-bond donors (Lipinski definition) is 2. The fraction of sp³-hybridized carbons (Fsp3) is 0.143. The lowest BCUT2D eigenvalue weighted by Crippen LogP contribution is -2.06. The summed E-state index contributed by atoms with van der Waals surface area (Å²) in [4.78, 5) is 24.6. The predicted octanol–water partition coefficient (Wildman–Crippen LogP) is 4.93. The number of nitrogens with zero attached hydrogens (tertiary/aromatic N) is 3. The molecule has 7 heteroatoms. The van der Waals surface area contributed by atoms with Gasteiger partial charge in [-0.15, -0.1) is 0 Å². The molecule has 1 aromatic carbocycles. The summed E-state index contributed by atoms with van der Waals surface area (Å²) in [6, 6.07) is 7.66. The lowest BCUT2D eigenvalue weighted by atomic mass is 10.0. The summed E-state index contributed by atoms with van der Waals surface area (Å²) in [7, 11) is 0. The van der Waals surface area contributed by atoms with Crippen LogP contribution in [0.5, 0.6) is 0 Å². The highest BCUT2D eigenvalue weighted by Gasteiger charge is 2.11. The Balaban J connectivity index is 1.89. The van der Waals surface area contributed by atoms with E-state index in [-0.39, 0.29) is 12.2 Å². The summed E-state index contributed by atoms with van der Waals surface area (Å²) in [5.74, 6) is 0.789. The van der Waals surface area contributed by atoms with Gasteiger partial charge in [0.1, 0.15) is 5.02 Å². The molecule has 0 bridgehead atoms. The van der Waals surface area contributed by atoms with Crippen LogP contribution in [0, 0.1) is 13.8 Å². The molecular formula is C21H20ClN5O. The fourth-order valence-electron chi connectivity index (χ4n) is 2.63. The molecule has 6 nitrogen and oxygen atoms in total. The number of aryl methyl sites for hydroxylation is 2. The summed E-state index contributed by atoms with van der Waals surface area (Å²) in [5, 5.41) is 6.75. The van der Waals surface area contributed by atoms with Gasteiger partial charge >= 0.3 is 0 Å². The number of halogens is 1. The number of rotatable bonds is 7. The molecular weight excluding hydrogens is 374 g/mol. The second-order valence-corrected chi connectivity index (χ2v) is 6.75. The minimum absolute atomic E-state index is 0.0575. The van der Waals surface area contributed by atoms with Crippen LogP contribution in [0.15, 0.2) is 55.5 Å². The molecule has 0 saturated carbocycles. The largest absolute Gasteiger partial charge is 0.339 e. The van der Waals surface area contributed by atoms with Crippen molar-refractivity contribution in [2.75, 3.05) is 10.6 Å². The van der Waals surface area contributed by atoms with E-state index < -0.39 is 0 Å². The van der Waals surface area contributed by atoms with E-state index in [1.165, 1.54) is 12.3 Å². The zero-order valence-corrected chi connectivity index (χ0v) is 16.4. The van der Waals surface area contributed by atoms with Crippen LogP contribution in [0.3, 0.4) is 0 Å². The van der Waals surface area contributed by atoms with Crippen molar-refractivity contribution in [1.29, 1.82) is 0 Å². The predicted molar refractivity (Wildman–Crippen MR) is 113 cm³/mol. The van der Waals surface area contributed by atoms with Crippen LogP contribution in [-0.4, -0.2) is 20.7 Å². The number of benzene rings is 1. The second kappa shape index (κ2) is 8.63. The molecule has 0 fully saturated rings. The summed E-state index contributed by atoms with van der Waals surface area (Å²) in [6.07, 6.45) is 6.55. The van der Waals surface area contributed by atoms with Crippen molar-refractivity contribution in [3.63, 3.8) is 0 Å². The van der Waals surface area contributed by atoms with E-state index in [2.05, 4.69) is 32.2 Å². The number of allylic oxidation sites excluding steroid dienone is 1. The van der Waals surface area contributed by atoms with Crippen molar-refractivity contribution in [1.82, 2.24) is 15.0 Å². The van der Waals surface area contributed by atoms with E-state index in [1.54, 1.807) is 12.4 Å². The van der Waals surface area contributed by atoms with Crippen LogP contribution in [0.2, 0.25) is 5.02 Å². The summed E-state index contributed by atoms with van der Waals surface area (Å²) in [6.45, 7) is 7.46. The number of ketones is 1. The van der Waals surface area contributed by atoms with E-state index in [0.717, 1.165) is 28.1 Å². The maximum atomic E-state index is 11.8. The first-order valence-corrected chi connectivity index (χ1v) is 9.06. The Morgan fingerprint density at radius 1 is 1.18 bits per heavy atom. The molecule has 0 amide bonds. The Kier molecular flexibility index (Phi) is 6.01. The van der Waals surface area contributed by atoms with Crippen LogP contribution < -0.4 is 10.6 Å².